The largest absolute Gasteiger partial charge is 0.495 e. The second-order valence-electron chi connectivity index (χ2n) is 8.86. The van der Waals surface area contributed by atoms with Crippen molar-refractivity contribution in [2.24, 2.45) is 0 Å². The molecule has 1 aliphatic rings. The van der Waals surface area contributed by atoms with Gasteiger partial charge in [-0.1, -0.05) is 42.6 Å². The van der Waals surface area contributed by atoms with E-state index in [0.29, 0.717) is 0 Å². The minimum atomic E-state index is -3.97. The number of amides is 2. The number of carbonyl (C=O) groups is 2. The van der Waals surface area contributed by atoms with Gasteiger partial charge in [-0.25, -0.2) is 12.8 Å². The SMILES string of the molecule is COc1ccc(Cl)cc1N(CC(=O)N(Cc1ccccc1F)C(C)C(=O)NC1CCCC1)S(C)(=O)=O. The van der Waals surface area contributed by atoms with Crippen molar-refractivity contribution in [3.63, 3.8) is 0 Å². The maximum atomic E-state index is 14.5. The van der Waals surface area contributed by atoms with Crippen molar-refractivity contribution in [3.8, 4) is 5.75 Å². The van der Waals surface area contributed by atoms with Gasteiger partial charge in [-0.05, 0) is 44.0 Å². The normalized spacial score (nSPS) is 14.8. The van der Waals surface area contributed by atoms with E-state index in [1.165, 1.54) is 48.4 Å². The third kappa shape index (κ3) is 6.88. The number of nitrogens with one attached hydrogen (secondary N) is 1. The van der Waals surface area contributed by atoms with Gasteiger partial charge in [0.1, 0.15) is 24.2 Å². The smallest absolute Gasteiger partial charge is 0.244 e. The minimum Gasteiger partial charge on any atom is -0.495 e. The molecule has 8 nitrogen and oxygen atoms in total. The minimum absolute atomic E-state index is 0.0219. The fourth-order valence-electron chi connectivity index (χ4n) is 4.24. The molecule has 2 aromatic carbocycles. The molecule has 0 aliphatic heterocycles. The van der Waals surface area contributed by atoms with Gasteiger partial charge in [0.25, 0.3) is 0 Å². The molecule has 0 radical (unpaired) electrons. The maximum absolute atomic E-state index is 14.5. The molecule has 1 fully saturated rings. The molecule has 0 heterocycles. The number of rotatable bonds is 10. The van der Waals surface area contributed by atoms with Crippen molar-refractivity contribution in [3.05, 3.63) is 58.9 Å². The first-order valence-corrected chi connectivity index (χ1v) is 13.9. The summed E-state index contributed by atoms with van der Waals surface area (Å²) in [5.41, 5.74) is 0.285. The number of hydrogen-bond acceptors (Lipinski definition) is 5. The van der Waals surface area contributed by atoms with Crippen molar-refractivity contribution in [2.45, 2.75) is 51.2 Å². The number of nitrogens with zero attached hydrogens (tertiary/aromatic N) is 2. The zero-order chi connectivity index (χ0) is 26.5. The number of sulfonamides is 1. The molecule has 2 amide bonds. The molecule has 36 heavy (non-hydrogen) atoms. The van der Waals surface area contributed by atoms with Crippen LogP contribution in [0.2, 0.25) is 5.02 Å². The van der Waals surface area contributed by atoms with Crippen LogP contribution >= 0.6 is 11.6 Å². The lowest BCUT2D eigenvalue weighted by molar-refractivity contribution is -0.139. The lowest BCUT2D eigenvalue weighted by Gasteiger charge is -2.32. The molecule has 3 rings (SSSR count). The summed E-state index contributed by atoms with van der Waals surface area (Å²) in [6.07, 6.45) is 4.70. The van der Waals surface area contributed by atoms with Crippen LogP contribution in [0.3, 0.4) is 0 Å². The van der Waals surface area contributed by atoms with Crippen molar-refractivity contribution in [1.29, 1.82) is 0 Å². The summed E-state index contributed by atoms with van der Waals surface area (Å²) >= 11 is 6.10. The summed E-state index contributed by atoms with van der Waals surface area (Å²) in [6, 6.07) is 9.40. The number of halogens is 2. The van der Waals surface area contributed by atoms with Crippen LogP contribution in [0.1, 0.15) is 38.2 Å². The fourth-order valence-corrected chi connectivity index (χ4v) is 5.25. The highest BCUT2D eigenvalue weighted by molar-refractivity contribution is 7.92. The summed E-state index contributed by atoms with van der Waals surface area (Å²) < 4.78 is 46.1. The number of methoxy groups -OCH3 is 1. The highest BCUT2D eigenvalue weighted by atomic mass is 35.5. The van der Waals surface area contributed by atoms with Crippen LogP contribution in [-0.2, 0) is 26.2 Å². The standard InChI is InChI=1S/C25H31ClFN3O5S/c1-17(25(32)28-20-9-5-6-10-20)29(15-18-8-4-7-11-21(18)27)24(31)16-30(36(3,33)34)22-14-19(26)12-13-23(22)35-2/h4,7-8,11-14,17,20H,5-6,9-10,15-16H2,1-3H3,(H,28,32). The van der Waals surface area contributed by atoms with Crippen molar-refractivity contribution in [2.75, 3.05) is 24.2 Å². The van der Waals surface area contributed by atoms with Gasteiger partial charge in [0.2, 0.25) is 21.8 Å². The lowest BCUT2D eigenvalue weighted by atomic mass is 10.1. The number of benzene rings is 2. The van der Waals surface area contributed by atoms with Crippen molar-refractivity contribution >= 4 is 39.1 Å². The first-order valence-electron chi connectivity index (χ1n) is 11.7. The average molecular weight is 540 g/mol. The Bertz CT molecular complexity index is 1200. The molecular weight excluding hydrogens is 509 g/mol. The Hall–Kier alpha value is -2.85. The van der Waals surface area contributed by atoms with Crippen molar-refractivity contribution < 1.29 is 27.1 Å². The third-order valence-corrected chi connectivity index (χ3v) is 7.62. The molecule has 1 aliphatic carbocycles. The molecule has 0 spiro atoms. The van der Waals surface area contributed by atoms with E-state index >= 15 is 0 Å². The molecule has 0 bridgehead atoms. The average Bonchev–Trinajstić information content (AvgIpc) is 3.33. The molecule has 11 heteroatoms. The Morgan fingerprint density at radius 2 is 1.86 bits per heavy atom. The van der Waals surface area contributed by atoms with Crippen LogP contribution in [0.5, 0.6) is 5.75 Å². The first kappa shape index (κ1) is 27.7. The number of ether oxygens (including phenoxy) is 1. The monoisotopic (exact) mass is 539 g/mol. The first-order chi connectivity index (χ1) is 17.0. The molecule has 1 N–H and O–H groups in total. The molecule has 0 saturated heterocycles. The Kier molecular flexibility index (Phi) is 9.19. The lowest BCUT2D eigenvalue weighted by Crippen LogP contribution is -2.52. The second kappa shape index (κ2) is 11.9. The molecule has 1 saturated carbocycles. The summed E-state index contributed by atoms with van der Waals surface area (Å²) in [7, 11) is -2.60. The maximum Gasteiger partial charge on any atom is 0.244 e. The highest BCUT2D eigenvalue weighted by Gasteiger charge is 2.32. The molecule has 1 atom stereocenters. The molecule has 1 unspecified atom stereocenters. The summed E-state index contributed by atoms with van der Waals surface area (Å²) in [5.74, 6) is -1.39. The molecule has 2 aromatic rings. The van der Waals surface area contributed by atoms with Gasteiger partial charge in [-0.15, -0.1) is 0 Å². The van der Waals surface area contributed by atoms with Crippen LogP contribution in [0.25, 0.3) is 0 Å². The van der Waals surface area contributed by atoms with E-state index in [2.05, 4.69) is 5.32 Å². The van der Waals surface area contributed by atoms with E-state index in [0.717, 1.165) is 36.2 Å². The van der Waals surface area contributed by atoms with Crippen molar-refractivity contribution in [1.82, 2.24) is 10.2 Å². The molecule has 0 aromatic heterocycles. The van der Waals surface area contributed by atoms with Crippen LogP contribution < -0.4 is 14.4 Å². The van der Waals surface area contributed by atoms with E-state index in [9.17, 15) is 22.4 Å². The molecular formula is C25H31ClFN3O5S. The Balaban J connectivity index is 1.94. The van der Waals surface area contributed by atoms with Crippen LogP contribution in [-0.4, -0.2) is 57.1 Å². The number of anilines is 1. The summed E-state index contributed by atoms with van der Waals surface area (Å²) in [5, 5.41) is 3.21. The summed E-state index contributed by atoms with van der Waals surface area (Å²) in [4.78, 5) is 27.8. The quantitative estimate of drug-likeness (QED) is 0.496. The van der Waals surface area contributed by atoms with Gasteiger partial charge in [-0.3, -0.25) is 13.9 Å². The van der Waals surface area contributed by atoms with Crippen LogP contribution in [0.4, 0.5) is 10.1 Å². The van der Waals surface area contributed by atoms with Crippen LogP contribution in [0.15, 0.2) is 42.5 Å². The molecule has 196 valence electrons. The zero-order valence-corrected chi connectivity index (χ0v) is 22.1. The predicted octanol–water partition coefficient (Wildman–Crippen LogP) is 3.73. The van der Waals surface area contributed by atoms with Gasteiger partial charge in [0.05, 0.1) is 19.1 Å². The van der Waals surface area contributed by atoms with E-state index < -0.39 is 34.3 Å². The van der Waals surface area contributed by atoms with E-state index in [1.807, 2.05) is 0 Å². The van der Waals surface area contributed by atoms with E-state index in [4.69, 9.17) is 16.3 Å². The highest BCUT2D eigenvalue weighted by Crippen LogP contribution is 2.33. The van der Waals surface area contributed by atoms with Crippen LogP contribution in [0, 0.1) is 5.82 Å². The number of hydrogen-bond donors (Lipinski definition) is 1. The summed E-state index contributed by atoms with van der Waals surface area (Å²) in [6.45, 7) is 0.702. The van der Waals surface area contributed by atoms with Gasteiger partial charge in [0.15, 0.2) is 0 Å². The topological polar surface area (TPSA) is 96.0 Å². The van der Waals surface area contributed by atoms with Gasteiger partial charge in [0, 0.05) is 23.2 Å². The second-order valence-corrected chi connectivity index (χ2v) is 11.2. The Labute approximate surface area is 216 Å². The van der Waals surface area contributed by atoms with E-state index in [-0.39, 0.29) is 40.5 Å². The predicted molar refractivity (Wildman–Crippen MR) is 137 cm³/mol. The Morgan fingerprint density at radius 3 is 2.47 bits per heavy atom. The Morgan fingerprint density at radius 1 is 1.19 bits per heavy atom. The third-order valence-electron chi connectivity index (χ3n) is 6.26. The zero-order valence-electron chi connectivity index (χ0n) is 20.5. The van der Waals surface area contributed by atoms with E-state index in [1.54, 1.807) is 13.0 Å². The van der Waals surface area contributed by atoms with Gasteiger partial charge in [-0.2, -0.15) is 0 Å². The van der Waals surface area contributed by atoms with Gasteiger partial charge < -0.3 is 15.0 Å². The fraction of sp³-hybridized carbons (Fsp3) is 0.440. The number of carbonyl (C=O) groups excluding carboxylic acids is 2. The van der Waals surface area contributed by atoms with Gasteiger partial charge >= 0.3 is 0 Å².